The van der Waals surface area contributed by atoms with Gasteiger partial charge in [0.15, 0.2) is 0 Å². The molecule has 0 amide bonds. The lowest BCUT2D eigenvalue weighted by atomic mass is 9.68. The summed E-state index contributed by atoms with van der Waals surface area (Å²) in [7, 11) is -1.18. The second-order valence-corrected chi connectivity index (χ2v) is 16.8. The molecule has 3 aliphatic heterocycles. The van der Waals surface area contributed by atoms with Gasteiger partial charge >= 0.3 is 0 Å². The fraction of sp³-hybridized carbons (Fsp3) is 0.641. The van der Waals surface area contributed by atoms with Crippen molar-refractivity contribution >= 4 is 34.0 Å². The molecule has 7 rings (SSSR count). The van der Waals surface area contributed by atoms with Gasteiger partial charge in [-0.1, -0.05) is 57.4 Å². The molecule has 6 nitrogen and oxygen atoms in total. The van der Waals surface area contributed by atoms with Crippen LogP contribution in [0.15, 0.2) is 43.0 Å². The maximum atomic E-state index is 13.2. The number of rotatable bonds is 1. The number of hydrogen-bond acceptors (Lipinski definition) is 5. The Bertz CT molecular complexity index is 1410. The second-order valence-electron chi connectivity index (χ2n) is 14.8. The Morgan fingerprint density at radius 3 is 2.55 bits per heavy atom. The van der Waals surface area contributed by atoms with Gasteiger partial charge in [0, 0.05) is 47.9 Å². The fourth-order valence-electron chi connectivity index (χ4n) is 8.35. The fourth-order valence-corrected chi connectivity index (χ4v) is 9.65. The molecule has 1 saturated carbocycles. The molecule has 47 heavy (non-hydrogen) atoms. The van der Waals surface area contributed by atoms with Crippen LogP contribution in [0.1, 0.15) is 88.8 Å². The zero-order valence-electron chi connectivity index (χ0n) is 28.9. The van der Waals surface area contributed by atoms with Crippen LogP contribution in [0.3, 0.4) is 0 Å². The molecular weight excluding hydrogens is 626 g/mol. The smallest absolute Gasteiger partial charge is 0.142 e. The Morgan fingerprint density at radius 2 is 1.81 bits per heavy atom. The zero-order chi connectivity index (χ0) is 33.0. The second kappa shape index (κ2) is 15.7. The lowest BCUT2D eigenvalue weighted by Gasteiger charge is -2.44. The summed E-state index contributed by atoms with van der Waals surface area (Å²) in [6, 6.07) is 12.9. The molecule has 0 aromatic heterocycles. The minimum atomic E-state index is -1.18. The van der Waals surface area contributed by atoms with Crippen LogP contribution in [0, 0.1) is 17.8 Å². The van der Waals surface area contributed by atoms with Crippen molar-refractivity contribution in [1.29, 1.82) is 0 Å². The summed E-state index contributed by atoms with van der Waals surface area (Å²) in [5.41, 5.74) is 5.59. The van der Waals surface area contributed by atoms with E-state index in [1.165, 1.54) is 49.8 Å². The van der Waals surface area contributed by atoms with Gasteiger partial charge in [-0.25, -0.2) is 4.21 Å². The largest absolute Gasteiger partial charge is 0.490 e. The number of morpholine rings is 1. The van der Waals surface area contributed by atoms with E-state index < -0.39 is 11.0 Å². The lowest BCUT2D eigenvalue weighted by Crippen LogP contribution is -2.48. The number of likely N-dealkylation sites (N-methyl/N-ethyl adjacent to an activating group) is 1. The highest BCUT2D eigenvalue weighted by molar-refractivity contribution is 7.84. The number of anilines is 1. The highest BCUT2D eigenvalue weighted by Crippen LogP contribution is 2.47. The van der Waals surface area contributed by atoms with E-state index in [1.807, 2.05) is 0 Å². The van der Waals surface area contributed by atoms with Crippen LogP contribution in [0.25, 0.3) is 5.70 Å². The third kappa shape index (κ3) is 8.06. The predicted molar refractivity (Wildman–Crippen MR) is 197 cm³/mol. The third-order valence-corrected chi connectivity index (χ3v) is 13.6. The Labute approximate surface area is 291 Å². The molecule has 5 aliphatic rings. The van der Waals surface area contributed by atoms with E-state index in [4.69, 9.17) is 21.1 Å². The monoisotopic (exact) mass is 681 g/mol. The molecule has 6 atom stereocenters. The standard InChI is InChI=1S/C33H43ClN2O2S.C6H13NO/c1-22-7-4-5-8-25-10-11-28(25)19-36-20-33(16-6-9-27-17-29(34)13-14-30(27)33)21-38-32-15-12-26(18-31(32)36)23(2)35-39(37)24(22)3;1-2-7-3-5-8-6-4-7/h12-15,17-18,22,24-25,28,35H,2,4-11,16,19-21H2,1,3H3;2-6H2,1H3/t22?,24?,25?,28?,33-,39?;/m0./s1. The van der Waals surface area contributed by atoms with Crippen LogP contribution < -0.4 is 14.4 Å². The SMILES string of the molecule is C=C1NS(=O)C(C)C(C)CCCCC2CCC2CN2C[C@@]3(CCCc4cc(Cl)ccc43)COc3ccc1cc32.CCN1CCOCC1. The van der Waals surface area contributed by atoms with Crippen LogP contribution in [-0.4, -0.2) is 66.9 Å². The van der Waals surface area contributed by atoms with E-state index in [-0.39, 0.29) is 10.7 Å². The van der Waals surface area contributed by atoms with E-state index in [1.54, 1.807) is 0 Å². The van der Waals surface area contributed by atoms with Crippen molar-refractivity contribution in [1.82, 2.24) is 9.62 Å². The molecule has 3 heterocycles. The van der Waals surface area contributed by atoms with E-state index >= 15 is 0 Å². The van der Waals surface area contributed by atoms with Gasteiger partial charge in [-0.05, 0) is 111 Å². The zero-order valence-corrected chi connectivity index (χ0v) is 30.5. The summed E-state index contributed by atoms with van der Waals surface area (Å²) in [5.74, 6) is 2.89. The molecule has 0 radical (unpaired) electrons. The van der Waals surface area contributed by atoms with Crippen molar-refractivity contribution < 1.29 is 13.7 Å². The molecule has 2 aromatic carbocycles. The van der Waals surface area contributed by atoms with Gasteiger partial charge in [-0.2, -0.15) is 0 Å². The topological polar surface area (TPSA) is 54.0 Å². The Kier molecular flexibility index (Phi) is 11.6. The number of aryl methyl sites for hydroxylation is 1. The summed E-state index contributed by atoms with van der Waals surface area (Å²) in [5, 5.41) is 0.897. The Hall–Kier alpha value is -2.06. The molecule has 1 N–H and O–H groups in total. The summed E-state index contributed by atoms with van der Waals surface area (Å²) in [6.07, 6.45) is 11.0. The van der Waals surface area contributed by atoms with E-state index in [0.717, 1.165) is 105 Å². The average molecular weight is 682 g/mol. The van der Waals surface area contributed by atoms with Gasteiger partial charge in [-0.15, -0.1) is 0 Å². The van der Waals surface area contributed by atoms with Crippen LogP contribution in [0.2, 0.25) is 5.02 Å². The van der Waals surface area contributed by atoms with Crippen molar-refractivity contribution in [2.75, 3.05) is 57.4 Å². The van der Waals surface area contributed by atoms with Crippen molar-refractivity contribution in [3.8, 4) is 5.75 Å². The number of hydrogen-bond donors (Lipinski definition) is 1. The van der Waals surface area contributed by atoms with Gasteiger partial charge in [0.1, 0.15) is 16.7 Å². The maximum Gasteiger partial charge on any atom is 0.142 e. The number of nitrogens with one attached hydrogen (secondary N) is 1. The molecule has 2 aromatic rings. The number of benzene rings is 2. The minimum absolute atomic E-state index is 0.0558. The van der Waals surface area contributed by atoms with Crippen LogP contribution in [0.4, 0.5) is 5.69 Å². The molecule has 1 spiro atoms. The van der Waals surface area contributed by atoms with Crippen LogP contribution in [-0.2, 0) is 27.6 Å². The van der Waals surface area contributed by atoms with E-state index in [9.17, 15) is 4.21 Å². The number of fused-ring (bicyclic) bond motifs is 4. The first-order chi connectivity index (χ1) is 22.8. The number of ether oxygens (including phenoxy) is 2. The molecule has 258 valence electrons. The van der Waals surface area contributed by atoms with Crippen molar-refractivity contribution in [3.05, 3.63) is 64.7 Å². The minimum Gasteiger partial charge on any atom is -0.490 e. The van der Waals surface area contributed by atoms with Crippen molar-refractivity contribution in [2.24, 2.45) is 17.8 Å². The number of halogens is 1. The van der Waals surface area contributed by atoms with Gasteiger partial charge in [-0.3, -0.25) is 4.90 Å². The first-order valence-corrected chi connectivity index (χ1v) is 19.8. The molecule has 2 fully saturated rings. The molecule has 5 unspecified atom stereocenters. The van der Waals surface area contributed by atoms with Crippen molar-refractivity contribution in [3.63, 3.8) is 0 Å². The molecule has 1 saturated heterocycles. The first kappa shape index (κ1) is 34.8. The summed E-state index contributed by atoms with van der Waals surface area (Å²) in [6.45, 7) is 18.8. The Balaban J connectivity index is 0.000000424. The average Bonchev–Trinajstić information content (AvgIpc) is 3.23. The maximum absolute atomic E-state index is 13.2. The van der Waals surface area contributed by atoms with Crippen LogP contribution >= 0.6 is 11.6 Å². The van der Waals surface area contributed by atoms with Gasteiger partial charge in [0.25, 0.3) is 0 Å². The van der Waals surface area contributed by atoms with E-state index in [2.05, 4.69) is 78.3 Å². The summed E-state index contributed by atoms with van der Waals surface area (Å²) >= 11 is 6.43. The summed E-state index contributed by atoms with van der Waals surface area (Å²) in [4.78, 5) is 5.02. The highest BCUT2D eigenvalue weighted by Gasteiger charge is 2.43. The normalized spacial score (nSPS) is 31.5. The molecule has 2 bridgehead atoms. The quantitative estimate of drug-likeness (QED) is 0.331. The van der Waals surface area contributed by atoms with E-state index in [0.29, 0.717) is 12.5 Å². The lowest BCUT2D eigenvalue weighted by molar-refractivity contribution is 0.0405. The van der Waals surface area contributed by atoms with Gasteiger partial charge < -0.3 is 19.1 Å². The van der Waals surface area contributed by atoms with Gasteiger partial charge in [0.2, 0.25) is 0 Å². The molecule has 8 heteroatoms. The number of nitrogens with zero attached hydrogens (tertiary/aromatic N) is 2. The molecular formula is C39H56ClN3O3S. The van der Waals surface area contributed by atoms with Crippen molar-refractivity contribution in [2.45, 2.75) is 89.2 Å². The highest BCUT2D eigenvalue weighted by atomic mass is 35.5. The predicted octanol–water partition coefficient (Wildman–Crippen LogP) is 8.00. The van der Waals surface area contributed by atoms with Gasteiger partial charge in [0.05, 0.1) is 30.8 Å². The first-order valence-electron chi connectivity index (χ1n) is 18.2. The molecule has 2 aliphatic carbocycles. The summed E-state index contributed by atoms with van der Waals surface area (Å²) < 4.78 is 28.3. The van der Waals surface area contributed by atoms with Crippen LogP contribution in [0.5, 0.6) is 5.75 Å². The third-order valence-electron chi connectivity index (χ3n) is 11.8. The Morgan fingerprint density at radius 1 is 1.02 bits per heavy atom.